The molecule has 0 saturated heterocycles. The average molecular weight is 278 g/mol. The molecule has 2 aromatic heterocycles. The van der Waals surface area contributed by atoms with Crippen LogP contribution in [0.4, 0.5) is 0 Å². The molecule has 0 spiro atoms. The topological polar surface area (TPSA) is 63.8 Å². The van der Waals surface area contributed by atoms with Crippen LogP contribution in [0.25, 0.3) is 11.5 Å². The van der Waals surface area contributed by atoms with E-state index >= 15 is 0 Å². The van der Waals surface area contributed by atoms with Crippen molar-refractivity contribution in [1.82, 2.24) is 20.4 Å². The van der Waals surface area contributed by atoms with Gasteiger partial charge in [-0.3, -0.25) is 4.98 Å². The van der Waals surface area contributed by atoms with Gasteiger partial charge in [-0.05, 0) is 29.7 Å². The lowest BCUT2D eigenvalue weighted by Gasteiger charge is -2.23. The SMILES string of the molecule is c1ccc(-c2noc([C@@H]3Cc4ccccc4CN3)n2)nc1. The molecule has 1 aromatic carbocycles. The molecule has 0 radical (unpaired) electrons. The van der Waals surface area contributed by atoms with Gasteiger partial charge in [0.2, 0.25) is 11.7 Å². The zero-order valence-corrected chi connectivity index (χ0v) is 11.4. The van der Waals surface area contributed by atoms with Gasteiger partial charge in [0.25, 0.3) is 0 Å². The van der Waals surface area contributed by atoms with Gasteiger partial charge in [0.05, 0.1) is 6.04 Å². The first-order chi connectivity index (χ1) is 10.4. The highest BCUT2D eigenvalue weighted by molar-refractivity contribution is 5.47. The number of nitrogens with one attached hydrogen (secondary N) is 1. The zero-order valence-electron chi connectivity index (χ0n) is 11.4. The predicted molar refractivity (Wildman–Crippen MR) is 77.3 cm³/mol. The fourth-order valence-electron chi connectivity index (χ4n) is 2.60. The maximum absolute atomic E-state index is 5.41. The minimum atomic E-state index is 0.0601. The molecule has 0 amide bonds. The third kappa shape index (κ3) is 2.32. The average Bonchev–Trinajstić information content (AvgIpc) is 3.05. The van der Waals surface area contributed by atoms with E-state index in [4.69, 9.17) is 4.52 Å². The van der Waals surface area contributed by atoms with Crippen molar-refractivity contribution in [3.05, 3.63) is 65.7 Å². The van der Waals surface area contributed by atoms with Gasteiger partial charge in [0.15, 0.2) is 0 Å². The number of pyridine rings is 1. The van der Waals surface area contributed by atoms with E-state index in [1.165, 1.54) is 11.1 Å². The molecule has 21 heavy (non-hydrogen) atoms. The van der Waals surface area contributed by atoms with E-state index in [0.29, 0.717) is 11.7 Å². The second-order valence-electron chi connectivity index (χ2n) is 5.08. The lowest BCUT2D eigenvalue weighted by molar-refractivity contribution is 0.321. The second kappa shape index (κ2) is 5.10. The number of hydrogen-bond acceptors (Lipinski definition) is 5. The van der Waals surface area contributed by atoms with Crippen molar-refractivity contribution < 1.29 is 4.52 Å². The largest absolute Gasteiger partial charge is 0.337 e. The van der Waals surface area contributed by atoms with Crippen LogP contribution in [-0.2, 0) is 13.0 Å². The number of rotatable bonds is 2. The van der Waals surface area contributed by atoms with Crippen molar-refractivity contribution in [3.63, 3.8) is 0 Å². The highest BCUT2D eigenvalue weighted by atomic mass is 16.5. The first kappa shape index (κ1) is 12.2. The van der Waals surface area contributed by atoms with Gasteiger partial charge in [-0.15, -0.1) is 0 Å². The van der Waals surface area contributed by atoms with Gasteiger partial charge in [-0.2, -0.15) is 4.98 Å². The first-order valence-corrected chi connectivity index (χ1v) is 6.95. The molecule has 1 aliphatic rings. The highest BCUT2D eigenvalue weighted by Crippen LogP contribution is 2.25. The Morgan fingerprint density at radius 2 is 1.90 bits per heavy atom. The first-order valence-electron chi connectivity index (χ1n) is 6.95. The van der Waals surface area contributed by atoms with E-state index in [2.05, 4.69) is 44.7 Å². The standard InChI is InChI=1S/C16H14N4O/c1-2-6-12-10-18-14(9-11(12)5-1)16-19-15(20-21-16)13-7-3-4-8-17-13/h1-8,14,18H,9-10H2/t14-/m0/s1. The van der Waals surface area contributed by atoms with Gasteiger partial charge < -0.3 is 9.84 Å². The van der Waals surface area contributed by atoms with E-state index < -0.39 is 0 Å². The summed E-state index contributed by atoms with van der Waals surface area (Å²) in [5, 5.41) is 7.47. The Morgan fingerprint density at radius 3 is 2.76 bits per heavy atom. The zero-order chi connectivity index (χ0) is 14.1. The van der Waals surface area contributed by atoms with Crippen molar-refractivity contribution in [1.29, 1.82) is 0 Å². The molecule has 5 nitrogen and oxygen atoms in total. The van der Waals surface area contributed by atoms with E-state index in [-0.39, 0.29) is 6.04 Å². The molecule has 1 N–H and O–H groups in total. The molecule has 0 saturated carbocycles. The van der Waals surface area contributed by atoms with Crippen molar-refractivity contribution in [2.24, 2.45) is 0 Å². The van der Waals surface area contributed by atoms with Gasteiger partial charge in [0, 0.05) is 12.7 Å². The summed E-state index contributed by atoms with van der Waals surface area (Å²) in [5.41, 5.74) is 3.39. The summed E-state index contributed by atoms with van der Waals surface area (Å²) in [5.74, 6) is 1.15. The van der Waals surface area contributed by atoms with E-state index in [1.807, 2.05) is 18.2 Å². The van der Waals surface area contributed by atoms with E-state index in [0.717, 1.165) is 18.7 Å². The molecule has 3 aromatic rings. The monoisotopic (exact) mass is 278 g/mol. The maximum atomic E-state index is 5.41. The van der Waals surface area contributed by atoms with Gasteiger partial charge in [-0.1, -0.05) is 35.5 Å². The fourth-order valence-corrected chi connectivity index (χ4v) is 2.60. The Kier molecular flexibility index (Phi) is 2.97. The van der Waals surface area contributed by atoms with Crippen molar-refractivity contribution in [2.45, 2.75) is 19.0 Å². The Balaban J connectivity index is 1.60. The minimum Gasteiger partial charge on any atom is -0.337 e. The molecule has 0 bridgehead atoms. The van der Waals surface area contributed by atoms with Crippen molar-refractivity contribution in [3.8, 4) is 11.5 Å². The van der Waals surface area contributed by atoms with Crippen LogP contribution >= 0.6 is 0 Å². The van der Waals surface area contributed by atoms with E-state index in [9.17, 15) is 0 Å². The smallest absolute Gasteiger partial charge is 0.244 e. The highest BCUT2D eigenvalue weighted by Gasteiger charge is 2.24. The summed E-state index contributed by atoms with van der Waals surface area (Å²) < 4.78 is 5.41. The minimum absolute atomic E-state index is 0.0601. The molecule has 5 heteroatoms. The number of hydrogen-bond donors (Lipinski definition) is 1. The number of nitrogens with zero attached hydrogens (tertiary/aromatic N) is 3. The molecule has 0 aliphatic carbocycles. The maximum Gasteiger partial charge on any atom is 0.244 e. The number of aromatic nitrogens is 3. The second-order valence-corrected chi connectivity index (χ2v) is 5.08. The van der Waals surface area contributed by atoms with Crippen molar-refractivity contribution in [2.75, 3.05) is 0 Å². The van der Waals surface area contributed by atoms with Crippen LogP contribution in [0, 0.1) is 0 Å². The molecule has 0 fully saturated rings. The molecule has 0 unspecified atom stereocenters. The normalized spacial score (nSPS) is 17.4. The molecule has 1 aliphatic heterocycles. The van der Waals surface area contributed by atoms with Gasteiger partial charge in [0.1, 0.15) is 5.69 Å². The lowest BCUT2D eigenvalue weighted by atomic mass is 9.96. The van der Waals surface area contributed by atoms with Crippen LogP contribution in [0.15, 0.2) is 53.2 Å². The van der Waals surface area contributed by atoms with Crippen LogP contribution in [0.3, 0.4) is 0 Å². The van der Waals surface area contributed by atoms with Crippen LogP contribution in [-0.4, -0.2) is 15.1 Å². The Bertz CT molecular complexity index is 754. The predicted octanol–water partition coefficient (Wildman–Crippen LogP) is 2.52. The summed E-state index contributed by atoms with van der Waals surface area (Å²) in [4.78, 5) is 8.71. The van der Waals surface area contributed by atoms with Crippen LogP contribution in [0.2, 0.25) is 0 Å². The summed E-state index contributed by atoms with van der Waals surface area (Å²) in [6.07, 6.45) is 2.58. The Hall–Kier alpha value is -2.53. The van der Waals surface area contributed by atoms with Gasteiger partial charge >= 0.3 is 0 Å². The quantitative estimate of drug-likeness (QED) is 0.780. The van der Waals surface area contributed by atoms with Crippen LogP contribution < -0.4 is 5.32 Å². The fraction of sp³-hybridized carbons (Fsp3) is 0.188. The molecule has 104 valence electrons. The molecule has 3 heterocycles. The summed E-state index contributed by atoms with van der Waals surface area (Å²) in [7, 11) is 0. The Morgan fingerprint density at radius 1 is 1.05 bits per heavy atom. The third-order valence-corrected chi connectivity index (χ3v) is 3.72. The van der Waals surface area contributed by atoms with Crippen LogP contribution in [0.5, 0.6) is 0 Å². The van der Waals surface area contributed by atoms with Gasteiger partial charge in [-0.25, -0.2) is 0 Å². The summed E-state index contributed by atoms with van der Waals surface area (Å²) in [6.45, 7) is 0.822. The van der Waals surface area contributed by atoms with E-state index in [1.54, 1.807) is 6.20 Å². The summed E-state index contributed by atoms with van der Waals surface area (Å²) in [6, 6.07) is 14.1. The number of fused-ring (bicyclic) bond motifs is 1. The molecule has 1 atom stereocenters. The van der Waals surface area contributed by atoms with Crippen molar-refractivity contribution >= 4 is 0 Å². The lowest BCUT2D eigenvalue weighted by Crippen LogP contribution is -2.28. The molecule has 4 rings (SSSR count). The molecular weight excluding hydrogens is 264 g/mol. The Labute approximate surface area is 122 Å². The summed E-state index contributed by atoms with van der Waals surface area (Å²) >= 11 is 0. The third-order valence-electron chi connectivity index (χ3n) is 3.72. The van der Waals surface area contributed by atoms with Crippen LogP contribution in [0.1, 0.15) is 23.1 Å². The number of benzene rings is 1. The molecular formula is C16H14N4O.